The van der Waals surface area contributed by atoms with Crippen LogP contribution in [0, 0.1) is 17.5 Å². The predicted octanol–water partition coefficient (Wildman–Crippen LogP) is 5.20. The maximum atomic E-state index is 14.7. The number of nitrogens with zero attached hydrogens (tertiary/aromatic N) is 2. The van der Waals surface area contributed by atoms with E-state index < -0.39 is 21.8 Å². The second kappa shape index (κ2) is 8.91. The molecule has 0 saturated heterocycles. The Morgan fingerprint density at radius 3 is 2.59 bits per heavy atom. The zero-order chi connectivity index (χ0) is 22.9. The van der Waals surface area contributed by atoms with Crippen molar-refractivity contribution in [1.82, 2.24) is 9.78 Å². The zero-order valence-corrected chi connectivity index (χ0v) is 17.8. The highest BCUT2D eigenvalue weighted by Gasteiger charge is 2.28. The highest BCUT2D eigenvalue weighted by molar-refractivity contribution is 7.88. The highest BCUT2D eigenvalue weighted by Crippen LogP contribution is 2.37. The first kappa shape index (κ1) is 22.3. The molecule has 168 valence electrons. The summed E-state index contributed by atoms with van der Waals surface area (Å²) in [5.41, 5.74) is 2.48. The van der Waals surface area contributed by atoms with Crippen LogP contribution in [0.5, 0.6) is 0 Å². The number of aromatic nitrogens is 2. The molecule has 0 bridgehead atoms. The largest absolute Gasteiger partial charge is 0.287 e. The average Bonchev–Trinajstić information content (AvgIpc) is 2.93. The van der Waals surface area contributed by atoms with Crippen molar-refractivity contribution in [3.63, 3.8) is 0 Å². The van der Waals surface area contributed by atoms with Crippen LogP contribution in [0.15, 0.2) is 47.9 Å². The number of rotatable bonds is 5. The summed E-state index contributed by atoms with van der Waals surface area (Å²) in [7, 11) is -4.39. The van der Waals surface area contributed by atoms with E-state index in [9.17, 15) is 21.6 Å². The fraction of sp³-hybridized carbons (Fsp3) is 0.261. The molecule has 1 aromatic heterocycles. The van der Waals surface area contributed by atoms with Crippen molar-refractivity contribution >= 4 is 16.2 Å². The molecule has 0 saturated carbocycles. The number of fused-ring (bicyclic) bond motifs is 1. The SMILES string of the molecule is O=S(=O)(O)/C=C/c1nn(-c2ccc(F)cc2F)c2c1CCCCC2Cc1cccc(F)c1. The Morgan fingerprint density at radius 1 is 1.09 bits per heavy atom. The summed E-state index contributed by atoms with van der Waals surface area (Å²) >= 11 is 0. The topological polar surface area (TPSA) is 72.2 Å². The lowest BCUT2D eigenvalue weighted by atomic mass is 9.91. The van der Waals surface area contributed by atoms with Gasteiger partial charge < -0.3 is 0 Å². The second-order valence-electron chi connectivity index (χ2n) is 7.85. The van der Waals surface area contributed by atoms with Gasteiger partial charge >= 0.3 is 0 Å². The van der Waals surface area contributed by atoms with Crippen molar-refractivity contribution < 1.29 is 26.1 Å². The maximum absolute atomic E-state index is 14.7. The first-order valence-corrected chi connectivity index (χ1v) is 11.7. The van der Waals surface area contributed by atoms with Crippen LogP contribution in [0.25, 0.3) is 11.8 Å². The number of benzene rings is 2. The van der Waals surface area contributed by atoms with Gasteiger partial charge in [0.1, 0.15) is 17.3 Å². The summed E-state index contributed by atoms with van der Waals surface area (Å²) in [4.78, 5) is 0. The fourth-order valence-corrected chi connectivity index (χ4v) is 4.55. The van der Waals surface area contributed by atoms with Crippen LogP contribution in [0.4, 0.5) is 13.2 Å². The average molecular weight is 462 g/mol. The smallest absolute Gasteiger partial charge is 0.282 e. The molecule has 9 heteroatoms. The van der Waals surface area contributed by atoms with Crippen LogP contribution in [-0.4, -0.2) is 22.8 Å². The molecule has 0 fully saturated rings. The first-order chi connectivity index (χ1) is 15.2. The Hall–Kier alpha value is -2.91. The molecule has 1 heterocycles. The van der Waals surface area contributed by atoms with Crippen LogP contribution < -0.4 is 0 Å². The van der Waals surface area contributed by atoms with Gasteiger partial charge in [-0.2, -0.15) is 13.5 Å². The molecule has 2 aromatic carbocycles. The molecule has 1 atom stereocenters. The summed E-state index contributed by atoms with van der Waals surface area (Å²) in [6.45, 7) is 0. The summed E-state index contributed by atoms with van der Waals surface area (Å²) in [5, 5.41) is 5.06. The Bertz CT molecular complexity index is 1290. The van der Waals surface area contributed by atoms with E-state index in [2.05, 4.69) is 5.10 Å². The van der Waals surface area contributed by atoms with Crippen molar-refractivity contribution in [3.8, 4) is 5.69 Å². The minimum Gasteiger partial charge on any atom is -0.282 e. The molecule has 0 radical (unpaired) electrons. The lowest BCUT2D eigenvalue weighted by Crippen LogP contribution is -2.12. The van der Waals surface area contributed by atoms with Gasteiger partial charge in [0, 0.05) is 17.5 Å². The highest BCUT2D eigenvalue weighted by atomic mass is 32.2. The standard InChI is InChI=1S/C23H21F3N2O3S/c24-17-6-3-4-15(13-17)12-16-5-1-2-7-19-21(10-11-32(29,30)31)27-28(23(16)19)22-9-8-18(25)14-20(22)26/h3-4,6,8-11,13-14,16H,1-2,5,7,12H2,(H,29,30,31)/b11-10+. The predicted molar refractivity (Wildman–Crippen MR) is 114 cm³/mol. The van der Waals surface area contributed by atoms with Gasteiger partial charge in [0.25, 0.3) is 10.1 Å². The summed E-state index contributed by atoms with van der Waals surface area (Å²) in [5.74, 6) is -2.05. The van der Waals surface area contributed by atoms with Crippen LogP contribution in [0.1, 0.15) is 47.7 Å². The Kier molecular flexibility index (Phi) is 6.21. The van der Waals surface area contributed by atoms with Gasteiger partial charge in [-0.1, -0.05) is 18.6 Å². The van der Waals surface area contributed by atoms with Crippen molar-refractivity contribution in [3.05, 3.63) is 87.8 Å². The molecule has 0 spiro atoms. The zero-order valence-electron chi connectivity index (χ0n) is 17.0. The minimum absolute atomic E-state index is 0.0281. The molecule has 32 heavy (non-hydrogen) atoms. The van der Waals surface area contributed by atoms with Gasteiger partial charge in [0.2, 0.25) is 0 Å². The molecule has 1 aliphatic carbocycles. The van der Waals surface area contributed by atoms with Crippen molar-refractivity contribution in [2.24, 2.45) is 0 Å². The summed E-state index contributed by atoms with van der Waals surface area (Å²) in [6.07, 6.45) is 4.62. The van der Waals surface area contributed by atoms with Crippen molar-refractivity contribution in [1.29, 1.82) is 0 Å². The molecule has 4 rings (SSSR count). The van der Waals surface area contributed by atoms with E-state index in [4.69, 9.17) is 4.55 Å². The molecule has 5 nitrogen and oxygen atoms in total. The fourth-order valence-electron chi connectivity index (χ4n) is 4.25. The second-order valence-corrected chi connectivity index (χ2v) is 9.15. The van der Waals surface area contributed by atoms with Gasteiger partial charge in [0.05, 0.1) is 16.8 Å². The van der Waals surface area contributed by atoms with E-state index in [1.54, 1.807) is 6.07 Å². The molecule has 1 N–H and O–H groups in total. The third-order valence-electron chi connectivity index (χ3n) is 5.58. The summed E-state index contributed by atoms with van der Waals surface area (Å²) in [6, 6.07) is 9.40. The quantitative estimate of drug-likeness (QED) is 0.418. The normalized spacial score (nSPS) is 16.8. The van der Waals surface area contributed by atoms with E-state index >= 15 is 0 Å². The van der Waals surface area contributed by atoms with E-state index in [0.717, 1.165) is 42.5 Å². The molecule has 3 aromatic rings. The molecule has 0 aliphatic heterocycles. The molecule has 0 amide bonds. The third-order valence-corrected chi connectivity index (χ3v) is 6.06. The number of hydrogen-bond donors (Lipinski definition) is 1. The van der Waals surface area contributed by atoms with Crippen LogP contribution in [0.2, 0.25) is 0 Å². The first-order valence-electron chi connectivity index (χ1n) is 10.2. The van der Waals surface area contributed by atoms with Gasteiger partial charge in [-0.15, -0.1) is 0 Å². The van der Waals surface area contributed by atoms with Gasteiger partial charge in [-0.05, 0) is 61.6 Å². The summed E-state index contributed by atoms with van der Waals surface area (Å²) < 4.78 is 75.0. The van der Waals surface area contributed by atoms with Gasteiger partial charge in [-0.25, -0.2) is 17.9 Å². The molecular formula is C23H21F3N2O3S. The monoisotopic (exact) mass is 462 g/mol. The molecular weight excluding hydrogens is 441 g/mol. The third kappa shape index (κ3) is 4.94. The minimum atomic E-state index is -4.39. The lowest BCUT2D eigenvalue weighted by Gasteiger charge is -2.19. The van der Waals surface area contributed by atoms with Gasteiger partial charge in [-0.3, -0.25) is 4.55 Å². The maximum Gasteiger partial charge on any atom is 0.287 e. The van der Waals surface area contributed by atoms with Crippen molar-refractivity contribution in [2.75, 3.05) is 0 Å². The molecule has 1 aliphatic rings. The Balaban J connectivity index is 1.89. The van der Waals surface area contributed by atoms with Gasteiger partial charge in [0.15, 0.2) is 5.82 Å². The van der Waals surface area contributed by atoms with Crippen LogP contribution in [-0.2, 0) is 23.0 Å². The van der Waals surface area contributed by atoms with E-state index in [1.807, 2.05) is 6.07 Å². The Morgan fingerprint density at radius 2 is 1.88 bits per heavy atom. The van der Waals surface area contributed by atoms with E-state index in [0.29, 0.717) is 23.9 Å². The van der Waals surface area contributed by atoms with E-state index in [1.165, 1.54) is 29.0 Å². The number of halogens is 3. The van der Waals surface area contributed by atoms with Crippen LogP contribution in [0.3, 0.4) is 0 Å². The number of hydrogen-bond acceptors (Lipinski definition) is 3. The molecule has 1 unspecified atom stereocenters. The van der Waals surface area contributed by atoms with Crippen LogP contribution >= 0.6 is 0 Å². The Labute approximate surface area is 184 Å². The van der Waals surface area contributed by atoms with E-state index in [-0.39, 0.29) is 23.1 Å². The van der Waals surface area contributed by atoms with Crippen molar-refractivity contribution in [2.45, 2.75) is 38.0 Å². The lowest BCUT2D eigenvalue weighted by molar-refractivity contribution is 0.494.